The van der Waals surface area contributed by atoms with E-state index in [0.29, 0.717) is 6.42 Å². The third-order valence-electron chi connectivity index (χ3n) is 1.95. The van der Waals surface area contributed by atoms with Crippen molar-refractivity contribution >= 4 is 23.9 Å². The molecule has 15 heavy (non-hydrogen) atoms. The molecule has 0 radical (unpaired) electrons. The molecule has 1 rings (SSSR count). The molecule has 0 saturated heterocycles. The van der Waals surface area contributed by atoms with Gasteiger partial charge in [-0.25, -0.2) is 0 Å². The highest BCUT2D eigenvalue weighted by molar-refractivity contribution is 5.85. The summed E-state index contributed by atoms with van der Waals surface area (Å²) in [4.78, 5) is 11.0. The number of Topliss-reactive ketones (excluding diaryl/α,β-unsaturated/α-hetero) is 1. The van der Waals surface area contributed by atoms with Gasteiger partial charge < -0.3 is 5.32 Å². The standard InChI is InChI=1S/C12H17NO.ClH/c1-10(14)9-12(2,3)13-11-7-5-4-6-8-11;/h4-8,13H,9H2,1-3H3;1H. The molecule has 0 heterocycles. The molecule has 0 spiro atoms. The van der Waals surface area contributed by atoms with Crippen molar-refractivity contribution < 1.29 is 4.79 Å². The van der Waals surface area contributed by atoms with Crippen molar-refractivity contribution in [2.24, 2.45) is 0 Å². The molecular formula is C12H18ClNO. The summed E-state index contributed by atoms with van der Waals surface area (Å²) < 4.78 is 0. The van der Waals surface area contributed by atoms with Crippen LogP contribution in [-0.2, 0) is 4.79 Å². The Morgan fingerprint density at radius 1 is 1.27 bits per heavy atom. The summed E-state index contributed by atoms with van der Waals surface area (Å²) in [5.74, 6) is 0.207. The molecule has 0 unspecified atom stereocenters. The Labute approximate surface area is 97.5 Å². The Hall–Kier alpha value is -1.02. The van der Waals surface area contributed by atoms with Crippen LogP contribution in [0.15, 0.2) is 30.3 Å². The summed E-state index contributed by atoms with van der Waals surface area (Å²) in [6, 6.07) is 9.94. The molecule has 0 atom stereocenters. The zero-order valence-corrected chi connectivity index (χ0v) is 10.2. The van der Waals surface area contributed by atoms with E-state index in [-0.39, 0.29) is 23.7 Å². The van der Waals surface area contributed by atoms with Crippen LogP contribution in [0.5, 0.6) is 0 Å². The average Bonchev–Trinajstić information content (AvgIpc) is 2.02. The van der Waals surface area contributed by atoms with E-state index in [1.807, 2.05) is 44.2 Å². The highest BCUT2D eigenvalue weighted by atomic mass is 35.5. The van der Waals surface area contributed by atoms with Crippen molar-refractivity contribution in [3.8, 4) is 0 Å². The van der Waals surface area contributed by atoms with E-state index >= 15 is 0 Å². The van der Waals surface area contributed by atoms with Crippen molar-refractivity contribution in [3.05, 3.63) is 30.3 Å². The smallest absolute Gasteiger partial charge is 0.132 e. The van der Waals surface area contributed by atoms with Gasteiger partial charge in [-0.1, -0.05) is 18.2 Å². The molecule has 0 bridgehead atoms. The molecule has 0 saturated carbocycles. The largest absolute Gasteiger partial charge is 0.380 e. The first-order valence-electron chi connectivity index (χ1n) is 4.82. The lowest BCUT2D eigenvalue weighted by molar-refractivity contribution is -0.117. The number of hydrogen-bond donors (Lipinski definition) is 1. The number of anilines is 1. The number of ketones is 1. The van der Waals surface area contributed by atoms with Crippen LogP contribution in [0.4, 0.5) is 5.69 Å². The molecule has 1 N–H and O–H groups in total. The number of rotatable bonds is 4. The lowest BCUT2D eigenvalue weighted by atomic mass is 9.98. The van der Waals surface area contributed by atoms with Crippen molar-refractivity contribution in [2.45, 2.75) is 32.7 Å². The van der Waals surface area contributed by atoms with E-state index in [1.165, 1.54) is 0 Å². The molecule has 1 aromatic rings. The number of halogens is 1. The molecule has 0 fully saturated rings. The minimum atomic E-state index is -0.173. The summed E-state index contributed by atoms with van der Waals surface area (Å²) >= 11 is 0. The maximum absolute atomic E-state index is 11.0. The topological polar surface area (TPSA) is 29.1 Å². The van der Waals surface area contributed by atoms with Gasteiger partial charge in [0, 0.05) is 17.6 Å². The van der Waals surface area contributed by atoms with Crippen LogP contribution in [0.2, 0.25) is 0 Å². The van der Waals surface area contributed by atoms with Gasteiger partial charge in [0.15, 0.2) is 0 Å². The van der Waals surface area contributed by atoms with E-state index in [0.717, 1.165) is 5.69 Å². The SMILES string of the molecule is CC(=O)CC(C)(C)Nc1ccccc1.Cl. The number of para-hydroxylation sites is 1. The summed E-state index contributed by atoms with van der Waals surface area (Å²) in [7, 11) is 0. The molecule has 0 aliphatic rings. The van der Waals surface area contributed by atoms with E-state index in [9.17, 15) is 4.79 Å². The monoisotopic (exact) mass is 227 g/mol. The minimum absolute atomic E-state index is 0. The third kappa shape index (κ3) is 5.43. The lowest BCUT2D eigenvalue weighted by Gasteiger charge is -2.26. The van der Waals surface area contributed by atoms with E-state index in [2.05, 4.69) is 5.32 Å². The molecule has 84 valence electrons. The molecule has 1 aromatic carbocycles. The Kier molecular flexibility index (Phi) is 5.37. The van der Waals surface area contributed by atoms with Crippen LogP contribution in [0.3, 0.4) is 0 Å². The van der Waals surface area contributed by atoms with Gasteiger partial charge in [0.2, 0.25) is 0 Å². The van der Waals surface area contributed by atoms with Crippen molar-refractivity contribution in [2.75, 3.05) is 5.32 Å². The highest BCUT2D eigenvalue weighted by Gasteiger charge is 2.18. The summed E-state index contributed by atoms with van der Waals surface area (Å²) in [5.41, 5.74) is 0.881. The first-order valence-corrected chi connectivity index (χ1v) is 4.82. The summed E-state index contributed by atoms with van der Waals surface area (Å²) in [6.45, 7) is 5.68. The second-order valence-electron chi connectivity index (χ2n) is 4.25. The second-order valence-corrected chi connectivity index (χ2v) is 4.25. The van der Waals surface area contributed by atoms with E-state index in [4.69, 9.17) is 0 Å². The first kappa shape index (κ1) is 14.0. The van der Waals surface area contributed by atoms with Gasteiger partial charge in [0.1, 0.15) is 5.78 Å². The number of hydrogen-bond acceptors (Lipinski definition) is 2. The van der Waals surface area contributed by atoms with Crippen molar-refractivity contribution in [1.29, 1.82) is 0 Å². The Morgan fingerprint density at radius 3 is 2.27 bits per heavy atom. The number of carbonyl (C=O) groups is 1. The van der Waals surface area contributed by atoms with Crippen LogP contribution in [0.25, 0.3) is 0 Å². The molecule has 0 aliphatic carbocycles. The van der Waals surface area contributed by atoms with Gasteiger partial charge in [-0.3, -0.25) is 4.79 Å². The van der Waals surface area contributed by atoms with Gasteiger partial charge >= 0.3 is 0 Å². The minimum Gasteiger partial charge on any atom is -0.380 e. The van der Waals surface area contributed by atoms with Crippen LogP contribution >= 0.6 is 12.4 Å². The third-order valence-corrected chi connectivity index (χ3v) is 1.95. The summed E-state index contributed by atoms with van der Waals surface area (Å²) in [6.07, 6.45) is 0.544. The van der Waals surface area contributed by atoms with Crippen molar-refractivity contribution in [1.82, 2.24) is 0 Å². The number of carbonyl (C=O) groups excluding carboxylic acids is 1. The fourth-order valence-corrected chi connectivity index (χ4v) is 1.58. The van der Waals surface area contributed by atoms with Crippen molar-refractivity contribution in [3.63, 3.8) is 0 Å². The normalized spacial score (nSPS) is 10.3. The highest BCUT2D eigenvalue weighted by Crippen LogP contribution is 2.17. The molecule has 0 amide bonds. The van der Waals surface area contributed by atoms with E-state index < -0.39 is 0 Å². The Balaban J connectivity index is 0.00000196. The quantitative estimate of drug-likeness (QED) is 0.856. The van der Waals surface area contributed by atoms with Gasteiger partial charge in [0.05, 0.1) is 0 Å². The number of nitrogens with one attached hydrogen (secondary N) is 1. The van der Waals surface area contributed by atoms with Crippen LogP contribution in [0.1, 0.15) is 27.2 Å². The Bertz CT molecular complexity index is 309. The lowest BCUT2D eigenvalue weighted by Crippen LogP contribution is -2.32. The van der Waals surface area contributed by atoms with Gasteiger partial charge in [-0.05, 0) is 32.9 Å². The van der Waals surface area contributed by atoms with Gasteiger partial charge in [0.25, 0.3) is 0 Å². The fourth-order valence-electron chi connectivity index (χ4n) is 1.58. The van der Waals surface area contributed by atoms with Crippen LogP contribution in [0, 0.1) is 0 Å². The van der Waals surface area contributed by atoms with Gasteiger partial charge in [-0.2, -0.15) is 0 Å². The zero-order valence-electron chi connectivity index (χ0n) is 9.41. The zero-order chi connectivity index (χ0) is 10.6. The predicted molar refractivity (Wildman–Crippen MR) is 66.7 cm³/mol. The second kappa shape index (κ2) is 5.76. The maximum Gasteiger partial charge on any atom is 0.132 e. The first-order chi connectivity index (χ1) is 6.49. The number of benzene rings is 1. The average molecular weight is 228 g/mol. The molecule has 0 aromatic heterocycles. The molecule has 2 nitrogen and oxygen atoms in total. The predicted octanol–water partition coefficient (Wildman–Crippen LogP) is 3.28. The van der Waals surface area contributed by atoms with E-state index in [1.54, 1.807) is 6.92 Å². The van der Waals surface area contributed by atoms with Crippen LogP contribution < -0.4 is 5.32 Å². The molecule has 0 aliphatic heterocycles. The summed E-state index contributed by atoms with van der Waals surface area (Å²) in [5, 5.41) is 3.33. The molecular weight excluding hydrogens is 210 g/mol. The Morgan fingerprint density at radius 2 is 1.80 bits per heavy atom. The maximum atomic E-state index is 11.0. The fraction of sp³-hybridized carbons (Fsp3) is 0.417. The molecule has 3 heteroatoms. The van der Waals surface area contributed by atoms with Gasteiger partial charge in [-0.15, -0.1) is 12.4 Å². The van der Waals surface area contributed by atoms with Crippen LogP contribution in [-0.4, -0.2) is 11.3 Å².